The monoisotopic (exact) mass is 302 g/mol. The molecule has 0 fully saturated rings. The molecule has 6 nitrogen and oxygen atoms in total. The Labute approximate surface area is 120 Å². The van der Waals surface area contributed by atoms with Crippen LogP contribution < -0.4 is 15.4 Å². The predicted octanol–water partition coefficient (Wildman–Crippen LogP) is 2.52. The molecule has 0 aliphatic rings. The summed E-state index contributed by atoms with van der Waals surface area (Å²) in [5.41, 5.74) is -0.728. The van der Waals surface area contributed by atoms with Crippen LogP contribution in [0.1, 0.15) is 13.8 Å². The topological polar surface area (TPSA) is 87.7 Å². The van der Waals surface area contributed by atoms with Gasteiger partial charge in [-0.25, -0.2) is 4.79 Å². The fourth-order valence-corrected chi connectivity index (χ4v) is 1.27. The highest BCUT2D eigenvalue weighted by Crippen LogP contribution is 2.18. The van der Waals surface area contributed by atoms with Crippen molar-refractivity contribution >= 4 is 17.7 Å². The van der Waals surface area contributed by atoms with Crippen LogP contribution in [0.3, 0.4) is 0 Å². The standard InChI is InChI=1S/C13H16F2N2O4/c1-13(2,10(18)19)7-16-12(20)17-8-3-5-9(6-4-8)21-11(14)15/h3-6,11H,7H2,1-2H3,(H,18,19)(H2,16,17,20). The number of carbonyl (C=O) groups is 2. The van der Waals surface area contributed by atoms with Crippen molar-refractivity contribution in [3.8, 4) is 5.75 Å². The summed E-state index contributed by atoms with van der Waals surface area (Å²) in [6, 6.07) is 4.75. The number of amides is 2. The molecular weight excluding hydrogens is 286 g/mol. The smallest absolute Gasteiger partial charge is 0.387 e. The van der Waals surface area contributed by atoms with Crippen LogP contribution in [0.2, 0.25) is 0 Å². The minimum atomic E-state index is -2.91. The quantitative estimate of drug-likeness (QED) is 0.753. The number of nitrogens with one attached hydrogen (secondary N) is 2. The first-order valence-electron chi connectivity index (χ1n) is 6.04. The highest BCUT2D eigenvalue weighted by atomic mass is 19.3. The minimum absolute atomic E-state index is 0.0250. The van der Waals surface area contributed by atoms with Crippen molar-refractivity contribution in [3.63, 3.8) is 0 Å². The maximum absolute atomic E-state index is 12.0. The number of carboxylic acids is 1. The van der Waals surface area contributed by atoms with Gasteiger partial charge in [0.15, 0.2) is 0 Å². The van der Waals surface area contributed by atoms with Gasteiger partial charge in [-0.3, -0.25) is 4.79 Å². The van der Waals surface area contributed by atoms with Gasteiger partial charge in [-0.1, -0.05) is 0 Å². The third-order valence-electron chi connectivity index (χ3n) is 2.61. The van der Waals surface area contributed by atoms with Gasteiger partial charge in [0.1, 0.15) is 5.75 Å². The van der Waals surface area contributed by atoms with Crippen LogP contribution >= 0.6 is 0 Å². The van der Waals surface area contributed by atoms with E-state index in [0.717, 1.165) is 0 Å². The number of hydrogen-bond acceptors (Lipinski definition) is 3. The number of urea groups is 1. The second kappa shape index (κ2) is 6.87. The Balaban J connectivity index is 2.50. The largest absolute Gasteiger partial charge is 0.481 e. The molecule has 0 heterocycles. The summed E-state index contributed by atoms with van der Waals surface area (Å²) in [6.45, 7) is -0.0100. The van der Waals surface area contributed by atoms with E-state index in [4.69, 9.17) is 5.11 Å². The van der Waals surface area contributed by atoms with Gasteiger partial charge in [-0.2, -0.15) is 8.78 Å². The van der Waals surface area contributed by atoms with E-state index < -0.39 is 24.0 Å². The predicted molar refractivity (Wildman–Crippen MR) is 71.5 cm³/mol. The Morgan fingerprint density at radius 3 is 2.33 bits per heavy atom. The first-order valence-corrected chi connectivity index (χ1v) is 6.04. The van der Waals surface area contributed by atoms with Crippen LogP contribution in [0.5, 0.6) is 5.75 Å². The highest BCUT2D eigenvalue weighted by Gasteiger charge is 2.27. The number of ether oxygens (including phenoxy) is 1. The molecule has 0 spiro atoms. The molecule has 0 unspecified atom stereocenters. The lowest BCUT2D eigenvalue weighted by molar-refractivity contribution is -0.146. The molecule has 0 aliphatic heterocycles. The Kier molecular flexibility index (Phi) is 5.45. The van der Waals surface area contributed by atoms with Gasteiger partial charge < -0.3 is 20.5 Å². The fraction of sp³-hybridized carbons (Fsp3) is 0.385. The van der Waals surface area contributed by atoms with Crippen molar-refractivity contribution in [3.05, 3.63) is 24.3 Å². The molecule has 0 aliphatic carbocycles. The summed E-state index contributed by atoms with van der Waals surface area (Å²) < 4.78 is 28.1. The van der Waals surface area contributed by atoms with Gasteiger partial charge in [0, 0.05) is 12.2 Å². The number of hydrogen-bond donors (Lipinski definition) is 3. The molecule has 1 aromatic rings. The molecule has 21 heavy (non-hydrogen) atoms. The van der Waals surface area contributed by atoms with Crippen molar-refractivity contribution < 1.29 is 28.2 Å². The summed E-state index contributed by atoms with van der Waals surface area (Å²) in [5.74, 6) is -1.06. The number of aliphatic carboxylic acids is 1. The molecule has 0 atom stereocenters. The van der Waals surface area contributed by atoms with E-state index in [-0.39, 0.29) is 12.3 Å². The summed E-state index contributed by atoms with van der Waals surface area (Å²) >= 11 is 0. The molecule has 0 bridgehead atoms. The SMILES string of the molecule is CC(C)(CNC(=O)Nc1ccc(OC(F)F)cc1)C(=O)O. The Morgan fingerprint density at radius 1 is 1.29 bits per heavy atom. The van der Waals surface area contributed by atoms with Crippen molar-refractivity contribution in [2.24, 2.45) is 5.41 Å². The van der Waals surface area contributed by atoms with Gasteiger partial charge in [0.25, 0.3) is 0 Å². The fourth-order valence-electron chi connectivity index (χ4n) is 1.27. The van der Waals surface area contributed by atoms with E-state index in [1.807, 2.05) is 0 Å². The van der Waals surface area contributed by atoms with E-state index in [9.17, 15) is 18.4 Å². The zero-order valence-corrected chi connectivity index (χ0v) is 11.5. The van der Waals surface area contributed by atoms with Crippen LogP contribution in [-0.4, -0.2) is 30.3 Å². The van der Waals surface area contributed by atoms with Gasteiger partial charge in [0.2, 0.25) is 0 Å². The first kappa shape index (κ1) is 16.7. The van der Waals surface area contributed by atoms with E-state index in [1.54, 1.807) is 0 Å². The summed E-state index contributed by atoms with van der Waals surface area (Å²) in [5, 5.41) is 13.8. The van der Waals surface area contributed by atoms with Crippen LogP contribution in [0, 0.1) is 5.41 Å². The lowest BCUT2D eigenvalue weighted by Gasteiger charge is -2.19. The Hall–Kier alpha value is -2.38. The summed E-state index contributed by atoms with van der Waals surface area (Å²) in [4.78, 5) is 22.4. The maximum Gasteiger partial charge on any atom is 0.387 e. The van der Waals surface area contributed by atoms with Gasteiger partial charge in [-0.05, 0) is 38.1 Å². The van der Waals surface area contributed by atoms with Gasteiger partial charge >= 0.3 is 18.6 Å². The Morgan fingerprint density at radius 2 is 1.86 bits per heavy atom. The van der Waals surface area contributed by atoms with Crippen molar-refractivity contribution in [1.82, 2.24) is 5.32 Å². The first-order chi connectivity index (χ1) is 9.70. The number of halogens is 2. The average molecular weight is 302 g/mol. The van der Waals surface area contributed by atoms with Crippen molar-refractivity contribution in [2.75, 3.05) is 11.9 Å². The lowest BCUT2D eigenvalue weighted by Crippen LogP contribution is -2.40. The van der Waals surface area contributed by atoms with Crippen molar-refractivity contribution in [2.45, 2.75) is 20.5 Å². The lowest BCUT2D eigenvalue weighted by atomic mass is 9.94. The molecule has 3 N–H and O–H groups in total. The number of carboxylic acid groups (broad SMARTS) is 1. The summed E-state index contributed by atoms with van der Waals surface area (Å²) in [6.07, 6.45) is 0. The molecule has 0 radical (unpaired) electrons. The van der Waals surface area contributed by atoms with E-state index in [0.29, 0.717) is 5.69 Å². The van der Waals surface area contributed by atoms with E-state index in [2.05, 4.69) is 15.4 Å². The second-order valence-corrected chi connectivity index (χ2v) is 4.90. The molecule has 0 saturated heterocycles. The number of carbonyl (C=O) groups excluding carboxylic acids is 1. The van der Waals surface area contributed by atoms with Gasteiger partial charge in [-0.15, -0.1) is 0 Å². The zero-order valence-electron chi connectivity index (χ0n) is 11.5. The van der Waals surface area contributed by atoms with Crippen molar-refractivity contribution in [1.29, 1.82) is 0 Å². The molecule has 2 amide bonds. The van der Waals surface area contributed by atoms with Gasteiger partial charge in [0.05, 0.1) is 5.41 Å². The molecular formula is C13H16F2N2O4. The number of benzene rings is 1. The number of alkyl halides is 2. The zero-order chi connectivity index (χ0) is 16.0. The molecule has 0 saturated carbocycles. The Bertz CT molecular complexity index is 503. The second-order valence-electron chi connectivity index (χ2n) is 4.90. The van der Waals surface area contributed by atoms with E-state index in [1.165, 1.54) is 38.1 Å². The minimum Gasteiger partial charge on any atom is -0.481 e. The third kappa shape index (κ3) is 5.64. The molecule has 1 aromatic carbocycles. The maximum atomic E-state index is 12.0. The highest BCUT2D eigenvalue weighted by molar-refractivity contribution is 5.89. The molecule has 116 valence electrons. The normalized spacial score (nSPS) is 11.1. The summed E-state index contributed by atoms with van der Waals surface area (Å²) in [7, 11) is 0. The van der Waals surface area contributed by atoms with Crippen LogP contribution in [-0.2, 0) is 4.79 Å². The van der Waals surface area contributed by atoms with Crippen LogP contribution in [0.15, 0.2) is 24.3 Å². The molecule has 1 rings (SSSR count). The molecule has 8 heteroatoms. The number of anilines is 1. The third-order valence-corrected chi connectivity index (χ3v) is 2.61. The van der Waals surface area contributed by atoms with Crippen LogP contribution in [0.25, 0.3) is 0 Å². The van der Waals surface area contributed by atoms with Crippen LogP contribution in [0.4, 0.5) is 19.3 Å². The number of rotatable bonds is 6. The average Bonchev–Trinajstić information content (AvgIpc) is 2.38. The molecule has 0 aromatic heterocycles. The van der Waals surface area contributed by atoms with E-state index >= 15 is 0 Å².